The van der Waals surface area contributed by atoms with Crippen LogP contribution in [0.5, 0.6) is 0 Å². The maximum absolute atomic E-state index is 8.88. The fourth-order valence-corrected chi connectivity index (χ4v) is 3.15. The van der Waals surface area contributed by atoms with Crippen LogP contribution in [0.1, 0.15) is 103 Å². The molecule has 0 saturated heterocycles. The smallest absolute Gasteiger partial charge is 0.372 e. The second kappa shape index (κ2) is 19.6. The van der Waals surface area contributed by atoms with Gasteiger partial charge in [-0.3, -0.25) is 4.99 Å². The summed E-state index contributed by atoms with van der Waals surface area (Å²) >= 11 is 0. The molecule has 0 saturated carbocycles. The summed E-state index contributed by atoms with van der Waals surface area (Å²) in [5, 5.41) is 3.35. The summed E-state index contributed by atoms with van der Waals surface area (Å²) in [5.41, 5.74) is 0. The minimum atomic E-state index is -4.64. The molecule has 1 aliphatic heterocycles. The summed E-state index contributed by atoms with van der Waals surface area (Å²) in [4.78, 5) is 26.0. The van der Waals surface area contributed by atoms with Crippen molar-refractivity contribution < 1.29 is 19.2 Å². The SMILES string of the molecule is CCCCCCCC/C=C\CCCCCCCCC1=NCCN1.O=P(O)(O)O. The lowest BCUT2D eigenvalue weighted by Crippen LogP contribution is -2.17. The van der Waals surface area contributed by atoms with Crippen LogP contribution >= 0.6 is 7.82 Å². The van der Waals surface area contributed by atoms with E-state index < -0.39 is 7.82 Å². The monoisotopic (exact) mass is 418 g/mol. The molecule has 0 bridgehead atoms. The number of aliphatic imine (C=N–C) groups is 1. The van der Waals surface area contributed by atoms with Gasteiger partial charge in [0.15, 0.2) is 0 Å². The van der Waals surface area contributed by atoms with Crippen LogP contribution in [0, 0.1) is 0 Å². The molecule has 0 aromatic carbocycles. The zero-order valence-corrected chi connectivity index (χ0v) is 18.7. The Morgan fingerprint density at radius 2 is 1.32 bits per heavy atom. The Balaban J connectivity index is 0.00000129. The van der Waals surface area contributed by atoms with E-state index >= 15 is 0 Å². The van der Waals surface area contributed by atoms with Crippen molar-refractivity contribution in [1.29, 1.82) is 0 Å². The maximum Gasteiger partial charge on any atom is 0.466 e. The third kappa shape index (κ3) is 25.3. The lowest BCUT2D eigenvalue weighted by molar-refractivity contribution is 0.275. The summed E-state index contributed by atoms with van der Waals surface area (Å²) in [6.07, 6.45) is 25.3. The van der Waals surface area contributed by atoms with E-state index in [9.17, 15) is 0 Å². The van der Waals surface area contributed by atoms with E-state index in [1.165, 1.54) is 102 Å². The van der Waals surface area contributed by atoms with E-state index in [0.717, 1.165) is 13.1 Å². The molecule has 1 heterocycles. The fourth-order valence-electron chi connectivity index (χ4n) is 3.15. The highest BCUT2D eigenvalue weighted by Gasteiger charge is 2.03. The third-order valence-electron chi connectivity index (χ3n) is 4.67. The van der Waals surface area contributed by atoms with E-state index in [-0.39, 0.29) is 0 Å². The Morgan fingerprint density at radius 1 is 0.857 bits per heavy atom. The van der Waals surface area contributed by atoms with Crippen molar-refractivity contribution in [3.05, 3.63) is 12.2 Å². The first-order valence-corrected chi connectivity index (χ1v) is 12.7. The minimum Gasteiger partial charge on any atom is -0.372 e. The first-order chi connectivity index (χ1) is 13.4. The van der Waals surface area contributed by atoms with E-state index in [4.69, 9.17) is 19.2 Å². The number of nitrogens with one attached hydrogen (secondary N) is 1. The van der Waals surface area contributed by atoms with Gasteiger partial charge < -0.3 is 20.0 Å². The Kier molecular flexibility index (Phi) is 19.2. The van der Waals surface area contributed by atoms with Gasteiger partial charge in [-0.05, 0) is 32.1 Å². The molecule has 0 aromatic rings. The number of hydrogen-bond donors (Lipinski definition) is 4. The van der Waals surface area contributed by atoms with Gasteiger partial charge in [0.25, 0.3) is 0 Å². The van der Waals surface area contributed by atoms with Crippen LogP contribution < -0.4 is 5.32 Å². The summed E-state index contributed by atoms with van der Waals surface area (Å²) in [5.74, 6) is 1.25. The largest absolute Gasteiger partial charge is 0.466 e. The predicted octanol–water partition coefficient (Wildman–Crippen LogP) is 5.49. The van der Waals surface area contributed by atoms with Gasteiger partial charge in [0.2, 0.25) is 0 Å². The number of amidine groups is 1. The van der Waals surface area contributed by atoms with Crippen molar-refractivity contribution in [3.63, 3.8) is 0 Å². The number of allylic oxidation sites excluding steroid dienone is 2. The van der Waals surface area contributed by atoms with Gasteiger partial charge in [0.1, 0.15) is 0 Å². The third-order valence-corrected chi connectivity index (χ3v) is 4.67. The van der Waals surface area contributed by atoms with Crippen LogP contribution in [0.15, 0.2) is 17.1 Å². The molecule has 0 spiro atoms. The minimum absolute atomic E-state index is 0.988. The Labute approximate surface area is 172 Å². The van der Waals surface area contributed by atoms with Gasteiger partial charge in [-0.15, -0.1) is 0 Å². The average molecular weight is 419 g/mol. The number of phosphoric acid groups is 1. The molecule has 6 nitrogen and oxygen atoms in total. The van der Waals surface area contributed by atoms with Gasteiger partial charge in [0.05, 0.1) is 12.4 Å². The number of unbranched alkanes of at least 4 members (excludes halogenated alkanes) is 12. The molecular formula is C21H43N2O4P. The highest BCUT2D eigenvalue weighted by molar-refractivity contribution is 7.45. The molecular weight excluding hydrogens is 375 g/mol. The molecule has 0 unspecified atom stereocenters. The number of rotatable bonds is 16. The van der Waals surface area contributed by atoms with Crippen LogP contribution in [0.2, 0.25) is 0 Å². The van der Waals surface area contributed by atoms with Crippen LogP contribution in [-0.2, 0) is 4.57 Å². The van der Waals surface area contributed by atoms with Crippen molar-refractivity contribution in [1.82, 2.24) is 5.32 Å². The number of nitrogens with zero attached hydrogens (tertiary/aromatic N) is 1. The lowest BCUT2D eigenvalue weighted by Gasteiger charge is -2.02. The Morgan fingerprint density at radius 3 is 1.79 bits per heavy atom. The fraction of sp³-hybridized carbons (Fsp3) is 0.857. The highest BCUT2D eigenvalue weighted by atomic mass is 31.2. The van der Waals surface area contributed by atoms with E-state index in [1.807, 2.05) is 0 Å². The topological polar surface area (TPSA) is 102 Å². The van der Waals surface area contributed by atoms with Gasteiger partial charge in [-0.2, -0.15) is 0 Å². The first kappa shape index (κ1) is 27.3. The van der Waals surface area contributed by atoms with E-state index in [1.54, 1.807) is 0 Å². The first-order valence-electron chi connectivity index (χ1n) is 11.1. The molecule has 4 N–H and O–H groups in total. The molecule has 7 heteroatoms. The van der Waals surface area contributed by atoms with Crippen LogP contribution in [0.25, 0.3) is 0 Å². The van der Waals surface area contributed by atoms with Crippen LogP contribution in [0.3, 0.4) is 0 Å². The van der Waals surface area contributed by atoms with Crippen molar-refractivity contribution in [2.75, 3.05) is 13.1 Å². The summed E-state index contributed by atoms with van der Waals surface area (Å²) in [6.45, 7) is 4.33. The van der Waals surface area contributed by atoms with Crippen molar-refractivity contribution in [2.45, 2.75) is 103 Å². The molecule has 1 aliphatic rings. The summed E-state index contributed by atoms with van der Waals surface area (Å²) in [7, 11) is -4.64. The van der Waals surface area contributed by atoms with Gasteiger partial charge in [-0.1, -0.05) is 76.9 Å². The molecule has 0 aromatic heterocycles. The molecule has 28 heavy (non-hydrogen) atoms. The average Bonchev–Trinajstić information content (AvgIpc) is 3.13. The van der Waals surface area contributed by atoms with Crippen molar-refractivity contribution >= 4 is 13.7 Å². The quantitative estimate of drug-likeness (QED) is 0.151. The van der Waals surface area contributed by atoms with Crippen LogP contribution in [0.4, 0.5) is 0 Å². The zero-order chi connectivity index (χ0) is 20.9. The zero-order valence-electron chi connectivity index (χ0n) is 17.8. The maximum atomic E-state index is 8.88. The molecule has 0 radical (unpaired) electrons. The van der Waals surface area contributed by atoms with E-state index in [2.05, 4.69) is 29.4 Å². The summed E-state index contributed by atoms with van der Waals surface area (Å²) < 4.78 is 8.88. The normalized spacial score (nSPS) is 13.9. The molecule has 0 aliphatic carbocycles. The molecule has 0 fully saturated rings. The summed E-state index contributed by atoms with van der Waals surface area (Å²) in [6, 6.07) is 0. The second-order valence-corrected chi connectivity index (χ2v) is 8.48. The van der Waals surface area contributed by atoms with Crippen molar-refractivity contribution in [3.8, 4) is 0 Å². The standard InChI is InChI=1S/C21H40N2.H3O4P/c1-2-3-4-5-6-7-8-9-10-11-12-13-14-15-16-17-18-21-22-19-20-23-21;1-5(2,3)4/h9-10H,2-8,11-20H2,1H3,(H,22,23);(H3,1,2,3,4)/b10-9-;. The highest BCUT2D eigenvalue weighted by Crippen LogP contribution is 2.25. The lowest BCUT2D eigenvalue weighted by atomic mass is 10.1. The molecule has 0 amide bonds. The molecule has 0 atom stereocenters. The van der Waals surface area contributed by atoms with Gasteiger partial charge in [-0.25, -0.2) is 4.57 Å². The van der Waals surface area contributed by atoms with Gasteiger partial charge >= 0.3 is 7.82 Å². The Bertz CT molecular complexity index is 441. The number of hydrogen-bond acceptors (Lipinski definition) is 3. The molecule has 166 valence electrons. The predicted molar refractivity (Wildman–Crippen MR) is 119 cm³/mol. The molecule has 1 rings (SSSR count). The van der Waals surface area contributed by atoms with Crippen molar-refractivity contribution in [2.24, 2.45) is 4.99 Å². The second-order valence-electron chi connectivity index (χ2n) is 7.46. The van der Waals surface area contributed by atoms with E-state index in [0.29, 0.717) is 0 Å². The Hall–Kier alpha value is -0.680. The van der Waals surface area contributed by atoms with Gasteiger partial charge in [0, 0.05) is 13.0 Å². The van der Waals surface area contributed by atoms with Crippen LogP contribution in [-0.4, -0.2) is 33.6 Å².